The highest BCUT2D eigenvalue weighted by molar-refractivity contribution is 7.12. The number of nitrogens with zero attached hydrogens (tertiary/aromatic N) is 3. The van der Waals surface area contributed by atoms with Crippen LogP contribution in [0.5, 0.6) is 0 Å². The van der Waals surface area contributed by atoms with Crippen molar-refractivity contribution in [2.75, 3.05) is 5.32 Å². The topological polar surface area (TPSA) is 76.9 Å². The molecule has 0 spiro atoms. The Kier molecular flexibility index (Phi) is 5.64. The molecule has 4 aromatic rings. The number of amides is 1. The number of carbonyl (C=O) groups excluding carboxylic acids is 2. The van der Waals surface area contributed by atoms with Gasteiger partial charge in [0.05, 0.1) is 10.4 Å². The summed E-state index contributed by atoms with van der Waals surface area (Å²) in [6.45, 7) is 0.936. The first kappa shape index (κ1) is 20.3. The van der Waals surface area contributed by atoms with Gasteiger partial charge in [-0.15, -0.1) is 21.5 Å². The van der Waals surface area contributed by atoms with Crippen LogP contribution in [-0.4, -0.2) is 26.5 Å². The smallest absolute Gasteiger partial charge is 0.256 e. The van der Waals surface area contributed by atoms with Crippen LogP contribution < -0.4 is 5.32 Å². The van der Waals surface area contributed by atoms with Crippen LogP contribution in [0.25, 0.3) is 11.4 Å². The van der Waals surface area contributed by atoms with Crippen molar-refractivity contribution in [3.05, 3.63) is 87.9 Å². The average Bonchev–Trinajstić information content (AvgIpc) is 3.45. The van der Waals surface area contributed by atoms with Crippen LogP contribution >= 0.6 is 11.3 Å². The molecule has 5 rings (SSSR count). The van der Waals surface area contributed by atoms with Crippen LogP contribution in [0.15, 0.2) is 66.0 Å². The molecule has 32 heavy (non-hydrogen) atoms. The van der Waals surface area contributed by atoms with Gasteiger partial charge in [0.1, 0.15) is 5.82 Å². The van der Waals surface area contributed by atoms with Crippen molar-refractivity contribution < 1.29 is 9.59 Å². The van der Waals surface area contributed by atoms with Crippen molar-refractivity contribution in [1.82, 2.24) is 14.8 Å². The van der Waals surface area contributed by atoms with E-state index in [1.807, 2.05) is 35.7 Å². The van der Waals surface area contributed by atoms with Gasteiger partial charge in [0, 0.05) is 29.8 Å². The van der Waals surface area contributed by atoms with Crippen LogP contribution in [0.1, 0.15) is 50.7 Å². The summed E-state index contributed by atoms with van der Waals surface area (Å²) in [4.78, 5) is 26.4. The maximum absolute atomic E-state index is 13.0. The Morgan fingerprint density at radius 1 is 0.875 bits per heavy atom. The van der Waals surface area contributed by atoms with Crippen molar-refractivity contribution in [2.24, 2.45) is 0 Å². The van der Waals surface area contributed by atoms with E-state index in [2.05, 4.69) is 20.1 Å². The molecule has 2 aromatic heterocycles. The number of thiophene rings is 1. The molecule has 0 bridgehead atoms. The van der Waals surface area contributed by atoms with E-state index in [1.165, 1.54) is 17.8 Å². The van der Waals surface area contributed by atoms with Crippen molar-refractivity contribution in [3.63, 3.8) is 0 Å². The fourth-order valence-corrected chi connectivity index (χ4v) is 4.70. The summed E-state index contributed by atoms with van der Waals surface area (Å²) in [5.41, 5.74) is 2.39. The summed E-state index contributed by atoms with van der Waals surface area (Å²) in [7, 11) is 0. The Balaban J connectivity index is 1.36. The van der Waals surface area contributed by atoms with Crippen LogP contribution in [0.4, 0.5) is 5.69 Å². The maximum Gasteiger partial charge on any atom is 0.256 e. The van der Waals surface area contributed by atoms with Crippen LogP contribution in [0, 0.1) is 0 Å². The van der Waals surface area contributed by atoms with Gasteiger partial charge in [-0.1, -0.05) is 30.7 Å². The number of hydrogen-bond donors (Lipinski definition) is 1. The van der Waals surface area contributed by atoms with E-state index in [-0.39, 0.29) is 11.7 Å². The molecule has 3 heterocycles. The second-order valence-corrected chi connectivity index (χ2v) is 8.73. The minimum Gasteiger partial charge on any atom is -0.322 e. The van der Waals surface area contributed by atoms with E-state index in [0.717, 1.165) is 43.0 Å². The van der Waals surface area contributed by atoms with Gasteiger partial charge in [0.25, 0.3) is 5.91 Å². The fraction of sp³-hybridized carbons (Fsp3) is 0.200. The molecule has 6 nitrogen and oxygen atoms in total. The van der Waals surface area contributed by atoms with Crippen LogP contribution in [-0.2, 0) is 13.0 Å². The number of aryl methyl sites for hydroxylation is 1. The maximum atomic E-state index is 13.0. The van der Waals surface area contributed by atoms with Gasteiger partial charge < -0.3 is 9.88 Å². The number of benzene rings is 2. The Bertz CT molecular complexity index is 1260. The summed E-state index contributed by atoms with van der Waals surface area (Å²) < 4.78 is 2.20. The molecular weight excluding hydrogens is 420 g/mol. The van der Waals surface area contributed by atoms with Gasteiger partial charge in [-0.25, -0.2) is 0 Å². The van der Waals surface area contributed by atoms with E-state index >= 15 is 0 Å². The summed E-state index contributed by atoms with van der Waals surface area (Å²) in [6, 6.07) is 18.1. The molecule has 0 saturated carbocycles. The van der Waals surface area contributed by atoms with E-state index in [1.54, 1.807) is 30.3 Å². The van der Waals surface area contributed by atoms with Crippen molar-refractivity contribution in [1.29, 1.82) is 0 Å². The van der Waals surface area contributed by atoms with Crippen LogP contribution in [0.2, 0.25) is 0 Å². The van der Waals surface area contributed by atoms with Gasteiger partial charge in [0.2, 0.25) is 5.78 Å². The monoisotopic (exact) mass is 442 g/mol. The van der Waals surface area contributed by atoms with Crippen LogP contribution in [0.3, 0.4) is 0 Å². The minimum absolute atomic E-state index is 0.145. The molecule has 7 heteroatoms. The highest BCUT2D eigenvalue weighted by atomic mass is 32.1. The third kappa shape index (κ3) is 3.99. The standard InChI is InChI=1S/C25H22N4O2S/c30-23(21-9-6-16-32-21)19-7-3-4-8-20(19)25(31)26-18-13-11-17(12-14-18)24-28-27-22-10-2-1-5-15-29(22)24/h3-4,6-9,11-14,16H,1-2,5,10,15H2,(H,26,31). The number of carbonyl (C=O) groups is 2. The second kappa shape index (κ2) is 8.88. The minimum atomic E-state index is -0.311. The SMILES string of the molecule is O=C(Nc1ccc(-c2nnc3n2CCCCC3)cc1)c1ccccc1C(=O)c1cccs1. The summed E-state index contributed by atoms with van der Waals surface area (Å²) in [5, 5.41) is 13.5. The molecule has 1 N–H and O–H groups in total. The molecular formula is C25H22N4O2S. The largest absolute Gasteiger partial charge is 0.322 e. The molecule has 0 radical (unpaired) electrons. The summed E-state index contributed by atoms with van der Waals surface area (Å²) in [6.07, 6.45) is 4.46. The first-order chi connectivity index (χ1) is 15.7. The lowest BCUT2D eigenvalue weighted by Crippen LogP contribution is -2.16. The third-order valence-corrected chi connectivity index (χ3v) is 6.54. The zero-order valence-electron chi connectivity index (χ0n) is 17.5. The van der Waals surface area contributed by atoms with Gasteiger partial charge in [-0.2, -0.15) is 0 Å². The molecule has 0 atom stereocenters. The predicted octanol–water partition coefficient (Wildman–Crippen LogP) is 5.22. The number of ketones is 1. The average molecular weight is 443 g/mol. The van der Waals surface area contributed by atoms with Crippen molar-refractivity contribution in [3.8, 4) is 11.4 Å². The normalized spacial score (nSPS) is 13.2. The number of anilines is 1. The van der Waals surface area contributed by atoms with Gasteiger partial charge in [-0.3, -0.25) is 9.59 Å². The predicted molar refractivity (Wildman–Crippen MR) is 125 cm³/mol. The lowest BCUT2D eigenvalue weighted by molar-refractivity contribution is 0.0998. The van der Waals surface area contributed by atoms with Crippen molar-refractivity contribution in [2.45, 2.75) is 32.2 Å². The van der Waals surface area contributed by atoms with E-state index in [9.17, 15) is 9.59 Å². The third-order valence-electron chi connectivity index (χ3n) is 5.67. The number of rotatable bonds is 5. The molecule has 160 valence electrons. The fourth-order valence-electron chi connectivity index (χ4n) is 4.02. The Hall–Kier alpha value is -3.58. The highest BCUT2D eigenvalue weighted by Crippen LogP contribution is 2.25. The highest BCUT2D eigenvalue weighted by Gasteiger charge is 2.19. The molecule has 0 unspecified atom stereocenters. The molecule has 0 saturated heterocycles. The zero-order chi connectivity index (χ0) is 21.9. The first-order valence-corrected chi connectivity index (χ1v) is 11.6. The lowest BCUT2D eigenvalue weighted by Gasteiger charge is -2.10. The molecule has 1 amide bonds. The second-order valence-electron chi connectivity index (χ2n) is 7.79. The summed E-state index contributed by atoms with van der Waals surface area (Å²) in [5.74, 6) is 1.46. The molecule has 0 aliphatic carbocycles. The van der Waals surface area contributed by atoms with E-state index in [4.69, 9.17) is 0 Å². The number of nitrogens with one attached hydrogen (secondary N) is 1. The Morgan fingerprint density at radius 3 is 2.47 bits per heavy atom. The first-order valence-electron chi connectivity index (χ1n) is 10.7. The quantitative estimate of drug-likeness (QED) is 0.430. The molecule has 2 aromatic carbocycles. The van der Waals surface area contributed by atoms with Gasteiger partial charge >= 0.3 is 0 Å². The van der Waals surface area contributed by atoms with E-state index < -0.39 is 0 Å². The molecule has 0 fully saturated rings. The van der Waals surface area contributed by atoms with E-state index in [0.29, 0.717) is 21.7 Å². The van der Waals surface area contributed by atoms with Crippen molar-refractivity contribution >= 4 is 28.7 Å². The number of aromatic nitrogens is 3. The number of hydrogen-bond acceptors (Lipinski definition) is 5. The Morgan fingerprint density at radius 2 is 1.69 bits per heavy atom. The van der Waals surface area contributed by atoms with Gasteiger partial charge in [-0.05, 0) is 54.6 Å². The zero-order valence-corrected chi connectivity index (χ0v) is 18.3. The lowest BCUT2D eigenvalue weighted by atomic mass is 10.0. The summed E-state index contributed by atoms with van der Waals surface area (Å²) >= 11 is 1.37. The molecule has 1 aliphatic rings. The van der Waals surface area contributed by atoms with Gasteiger partial charge in [0.15, 0.2) is 5.82 Å². The molecule has 1 aliphatic heterocycles. The Labute approximate surface area is 189 Å². The number of fused-ring (bicyclic) bond motifs is 1.